The summed E-state index contributed by atoms with van der Waals surface area (Å²) in [5.74, 6) is -0.479. The molecular formula is C14H9BrClF2NO. The largest absolute Gasteiger partial charge is 0.482 e. The Hall–Kier alpha value is -1.33. The molecular weight excluding hydrogens is 352 g/mol. The van der Waals surface area contributed by atoms with Gasteiger partial charge < -0.3 is 10.1 Å². The molecule has 1 aliphatic rings. The Labute approximate surface area is 127 Å². The van der Waals surface area contributed by atoms with Crippen LogP contribution < -0.4 is 10.1 Å². The maximum absolute atomic E-state index is 13.5. The van der Waals surface area contributed by atoms with Gasteiger partial charge in [-0.15, -0.1) is 0 Å². The van der Waals surface area contributed by atoms with Crippen LogP contribution in [0.5, 0.6) is 5.75 Å². The normalized spacial score (nSPS) is 17.1. The molecule has 0 saturated carbocycles. The third-order valence-corrected chi connectivity index (χ3v) is 3.98. The minimum absolute atomic E-state index is 0.0443. The molecule has 0 aromatic heterocycles. The molecule has 0 aliphatic carbocycles. The van der Waals surface area contributed by atoms with Crippen molar-refractivity contribution in [1.82, 2.24) is 0 Å². The van der Waals surface area contributed by atoms with E-state index in [1.54, 1.807) is 12.1 Å². The first-order chi connectivity index (χ1) is 9.54. The average molecular weight is 361 g/mol. The Morgan fingerprint density at radius 1 is 1.20 bits per heavy atom. The number of nitrogens with one attached hydrogen (secondary N) is 1. The van der Waals surface area contributed by atoms with E-state index in [4.69, 9.17) is 16.3 Å². The zero-order chi connectivity index (χ0) is 14.3. The van der Waals surface area contributed by atoms with Gasteiger partial charge >= 0.3 is 0 Å². The van der Waals surface area contributed by atoms with Gasteiger partial charge in [-0.2, -0.15) is 0 Å². The van der Waals surface area contributed by atoms with Gasteiger partial charge in [0.15, 0.2) is 0 Å². The van der Waals surface area contributed by atoms with Crippen molar-refractivity contribution in [2.45, 2.75) is 6.10 Å². The Balaban J connectivity index is 1.91. The summed E-state index contributed by atoms with van der Waals surface area (Å²) in [6, 6.07) is 7.39. The maximum Gasteiger partial charge on any atom is 0.146 e. The van der Waals surface area contributed by atoms with E-state index in [1.807, 2.05) is 0 Å². The van der Waals surface area contributed by atoms with Crippen molar-refractivity contribution in [2.24, 2.45) is 0 Å². The summed E-state index contributed by atoms with van der Waals surface area (Å²) in [4.78, 5) is 0. The molecule has 1 unspecified atom stereocenters. The quantitative estimate of drug-likeness (QED) is 0.779. The van der Waals surface area contributed by atoms with Crippen molar-refractivity contribution in [3.8, 4) is 5.75 Å². The van der Waals surface area contributed by atoms with Crippen molar-refractivity contribution in [1.29, 1.82) is 0 Å². The smallest absolute Gasteiger partial charge is 0.146 e. The summed E-state index contributed by atoms with van der Waals surface area (Å²) in [6.07, 6.45) is -0.319. The van der Waals surface area contributed by atoms with Gasteiger partial charge in [0.25, 0.3) is 0 Å². The van der Waals surface area contributed by atoms with Crippen LogP contribution in [0, 0.1) is 11.6 Å². The summed E-state index contributed by atoms with van der Waals surface area (Å²) in [6.45, 7) is 0.493. The third-order valence-electron chi connectivity index (χ3n) is 3.09. The van der Waals surface area contributed by atoms with E-state index >= 15 is 0 Å². The van der Waals surface area contributed by atoms with Crippen molar-refractivity contribution in [3.63, 3.8) is 0 Å². The molecule has 2 nitrogen and oxygen atoms in total. The van der Waals surface area contributed by atoms with E-state index in [1.165, 1.54) is 18.2 Å². The topological polar surface area (TPSA) is 21.3 Å². The average Bonchev–Trinajstić information content (AvgIpc) is 2.43. The molecule has 0 saturated heterocycles. The van der Waals surface area contributed by atoms with Crippen LogP contribution in [0.4, 0.5) is 14.5 Å². The highest BCUT2D eigenvalue weighted by atomic mass is 79.9. The van der Waals surface area contributed by atoms with Crippen molar-refractivity contribution >= 4 is 33.2 Å². The number of halogens is 4. The van der Waals surface area contributed by atoms with Crippen LogP contribution in [0.1, 0.15) is 11.7 Å². The maximum atomic E-state index is 13.5. The second-order valence-corrected chi connectivity index (χ2v) is 5.68. The SMILES string of the molecule is Fc1cc2c(cc1Cl)NCC(c1ccc(F)c(Br)c1)O2. The lowest BCUT2D eigenvalue weighted by Crippen LogP contribution is -2.23. The van der Waals surface area contributed by atoms with E-state index < -0.39 is 5.82 Å². The van der Waals surface area contributed by atoms with E-state index in [0.29, 0.717) is 22.5 Å². The lowest BCUT2D eigenvalue weighted by atomic mass is 10.1. The molecule has 0 bridgehead atoms. The second kappa shape index (κ2) is 5.22. The zero-order valence-electron chi connectivity index (χ0n) is 10.1. The summed E-state index contributed by atoms with van der Waals surface area (Å²) in [5.41, 5.74) is 1.45. The van der Waals surface area contributed by atoms with Crippen LogP contribution in [-0.4, -0.2) is 6.54 Å². The number of anilines is 1. The van der Waals surface area contributed by atoms with E-state index in [-0.39, 0.29) is 16.9 Å². The first kappa shape index (κ1) is 13.6. The number of fused-ring (bicyclic) bond motifs is 1. The molecule has 6 heteroatoms. The molecule has 3 rings (SSSR count). The lowest BCUT2D eigenvalue weighted by Gasteiger charge is -2.28. The van der Waals surface area contributed by atoms with E-state index in [0.717, 1.165) is 5.56 Å². The highest BCUT2D eigenvalue weighted by Crippen LogP contribution is 2.37. The Kier molecular flexibility index (Phi) is 3.56. The molecule has 1 heterocycles. The summed E-state index contributed by atoms with van der Waals surface area (Å²) >= 11 is 8.86. The fraction of sp³-hybridized carbons (Fsp3) is 0.143. The first-order valence-corrected chi connectivity index (χ1v) is 7.06. The van der Waals surface area contributed by atoms with Crippen LogP contribution in [0.15, 0.2) is 34.8 Å². The molecule has 1 atom stereocenters. The molecule has 1 aliphatic heterocycles. The number of hydrogen-bond acceptors (Lipinski definition) is 2. The van der Waals surface area contributed by atoms with Crippen LogP contribution in [0.25, 0.3) is 0 Å². The molecule has 0 spiro atoms. The van der Waals surface area contributed by atoms with Gasteiger partial charge in [0.1, 0.15) is 23.5 Å². The highest BCUT2D eigenvalue weighted by molar-refractivity contribution is 9.10. The summed E-state index contributed by atoms with van der Waals surface area (Å²) in [5, 5.41) is 3.17. The number of rotatable bonds is 1. The third kappa shape index (κ3) is 2.47. The fourth-order valence-electron chi connectivity index (χ4n) is 2.06. The Morgan fingerprint density at radius 2 is 2.00 bits per heavy atom. The molecule has 0 radical (unpaired) electrons. The summed E-state index contributed by atoms with van der Waals surface area (Å²) < 4.78 is 32.8. The van der Waals surface area contributed by atoms with Gasteiger partial charge in [-0.3, -0.25) is 0 Å². The monoisotopic (exact) mass is 359 g/mol. The Morgan fingerprint density at radius 3 is 2.75 bits per heavy atom. The summed E-state index contributed by atoms with van der Waals surface area (Å²) in [7, 11) is 0. The van der Waals surface area contributed by atoms with Gasteiger partial charge in [-0.1, -0.05) is 17.7 Å². The molecule has 104 valence electrons. The molecule has 2 aromatic rings. The van der Waals surface area contributed by atoms with Crippen LogP contribution >= 0.6 is 27.5 Å². The Bertz CT molecular complexity index is 680. The standard InChI is InChI=1S/C14H9BrClF2NO/c15-8-3-7(1-2-10(8)17)14-6-19-12-4-9(16)11(18)5-13(12)20-14/h1-5,14,19H,6H2. The second-order valence-electron chi connectivity index (χ2n) is 4.42. The van der Waals surface area contributed by atoms with Gasteiger partial charge in [-0.25, -0.2) is 8.78 Å². The van der Waals surface area contributed by atoms with Crippen molar-refractivity contribution < 1.29 is 13.5 Å². The van der Waals surface area contributed by atoms with E-state index in [9.17, 15) is 8.78 Å². The van der Waals surface area contributed by atoms with Crippen LogP contribution in [-0.2, 0) is 0 Å². The predicted molar refractivity (Wildman–Crippen MR) is 77.4 cm³/mol. The molecule has 20 heavy (non-hydrogen) atoms. The zero-order valence-corrected chi connectivity index (χ0v) is 12.4. The van der Waals surface area contributed by atoms with Crippen molar-refractivity contribution in [3.05, 3.63) is 57.0 Å². The lowest BCUT2D eigenvalue weighted by molar-refractivity contribution is 0.209. The first-order valence-electron chi connectivity index (χ1n) is 5.89. The molecule has 2 aromatic carbocycles. The molecule has 0 amide bonds. The minimum atomic E-state index is -0.534. The predicted octanol–water partition coefficient (Wildman–Crippen LogP) is 4.93. The van der Waals surface area contributed by atoms with Crippen molar-refractivity contribution in [2.75, 3.05) is 11.9 Å². The van der Waals surface area contributed by atoms with Gasteiger partial charge in [-0.05, 0) is 39.7 Å². The highest BCUT2D eigenvalue weighted by Gasteiger charge is 2.23. The van der Waals surface area contributed by atoms with Gasteiger partial charge in [0, 0.05) is 6.07 Å². The fourth-order valence-corrected chi connectivity index (χ4v) is 2.62. The molecule has 0 fully saturated rings. The van der Waals surface area contributed by atoms with Crippen LogP contribution in [0.3, 0.4) is 0 Å². The minimum Gasteiger partial charge on any atom is -0.482 e. The number of benzene rings is 2. The van der Waals surface area contributed by atoms with Gasteiger partial charge in [0.2, 0.25) is 0 Å². The van der Waals surface area contributed by atoms with E-state index in [2.05, 4.69) is 21.2 Å². The number of hydrogen-bond donors (Lipinski definition) is 1. The van der Waals surface area contributed by atoms with Gasteiger partial charge in [0.05, 0.1) is 21.7 Å². The molecule has 1 N–H and O–H groups in total. The van der Waals surface area contributed by atoms with Crippen LogP contribution in [0.2, 0.25) is 5.02 Å². The number of ether oxygens (including phenoxy) is 1.